The highest BCUT2D eigenvalue weighted by Gasteiger charge is 2.20. The molecule has 0 unspecified atom stereocenters. The Hall–Kier alpha value is -5.86. The molecule has 0 spiro atoms. The van der Waals surface area contributed by atoms with E-state index in [1.165, 1.54) is 24.3 Å². The molecule has 0 saturated carbocycles. The molecule has 0 bridgehead atoms. The van der Waals surface area contributed by atoms with Gasteiger partial charge in [-0.25, -0.2) is 8.42 Å². The van der Waals surface area contributed by atoms with Gasteiger partial charge in [0.1, 0.15) is 25.6 Å². The molecule has 1 heterocycles. The molecule has 10 nitrogen and oxygen atoms in total. The molecule has 1 aliphatic heterocycles. The Balaban J connectivity index is 1.25. The van der Waals surface area contributed by atoms with Crippen LogP contribution in [0, 0.1) is 28.4 Å². The van der Waals surface area contributed by atoms with Crippen molar-refractivity contribution in [2.24, 2.45) is 0 Å². The van der Waals surface area contributed by atoms with Gasteiger partial charge in [-0.3, -0.25) is 10.1 Å². The van der Waals surface area contributed by atoms with Gasteiger partial charge in [0, 0.05) is 36.0 Å². The van der Waals surface area contributed by atoms with Crippen molar-refractivity contribution < 1.29 is 27.6 Å². The Morgan fingerprint density at radius 1 is 0.896 bits per heavy atom. The number of rotatable bonds is 11. The lowest BCUT2D eigenvalue weighted by molar-refractivity contribution is -0.384. The minimum absolute atomic E-state index is 0.0312. The third-order valence-corrected chi connectivity index (χ3v) is 9.73. The van der Waals surface area contributed by atoms with Crippen LogP contribution in [-0.2, 0) is 28.7 Å². The van der Waals surface area contributed by atoms with E-state index >= 15 is 0 Å². The number of anilines is 1. The van der Waals surface area contributed by atoms with E-state index in [1.807, 2.05) is 30.3 Å². The molecule has 6 rings (SSSR count). The lowest BCUT2D eigenvalue weighted by Gasteiger charge is -2.20. The maximum Gasteiger partial charge on any atom is 0.269 e. The SMILES string of the molecule is Cc1c(CNc2ccc(CS(=O)(=O)c3ccc([N+](=O)[O-])cc3)c(OCc3cccc(C#N)c3)c2)cccc1-c1ccc2c(c1)OCCO2. The van der Waals surface area contributed by atoms with Crippen molar-refractivity contribution in [2.45, 2.75) is 30.7 Å². The van der Waals surface area contributed by atoms with Crippen LogP contribution in [0.25, 0.3) is 11.1 Å². The quantitative estimate of drug-likeness (QED) is 0.113. The van der Waals surface area contributed by atoms with Gasteiger partial charge in [0.2, 0.25) is 0 Å². The minimum Gasteiger partial charge on any atom is -0.489 e. The molecule has 48 heavy (non-hydrogen) atoms. The van der Waals surface area contributed by atoms with Crippen molar-refractivity contribution in [3.63, 3.8) is 0 Å². The Morgan fingerprint density at radius 2 is 1.67 bits per heavy atom. The normalized spacial score (nSPS) is 12.2. The summed E-state index contributed by atoms with van der Waals surface area (Å²) in [6, 6.07) is 31.2. The summed E-state index contributed by atoms with van der Waals surface area (Å²) >= 11 is 0. The molecule has 1 N–H and O–H groups in total. The predicted octanol–water partition coefficient (Wildman–Crippen LogP) is 7.38. The number of nitrogens with zero attached hydrogens (tertiary/aromatic N) is 2. The zero-order valence-corrected chi connectivity index (χ0v) is 26.8. The summed E-state index contributed by atoms with van der Waals surface area (Å²) in [6.07, 6.45) is 0. The maximum atomic E-state index is 13.4. The van der Waals surface area contributed by atoms with E-state index in [2.05, 4.69) is 30.4 Å². The third-order valence-electron chi connectivity index (χ3n) is 8.05. The maximum absolute atomic E-state index is 13.4. The summed E-state index contributed by atoms with van der Waals surface area (Å²) in [4.78, 5) is 10.4. The average Bonchev–Trinajstić information content (AvgIpc) is 3.11. The number of sulfone groups is 1. The molecule has 0 atom stereocenters. The fourth-order valence-electron chi connectivity index (χ4n) is 5.47. The van der Waals surface area contributed by atoms with Crippen LogP contribution >= 0.6 is 0 Å². The first-order valence-corrected chi connectivity index (χ1v) is 16.8. The van der Waals surface area contributed by atoms with Gasteiger partial charge in [-0.05, 0) is 77.2 Å². The molecule has 0 radical (unpaired) electrons. The van der Waals surface area contributed by atoms with E-state index in [-0.39, 0.29) is 22.9 Å². The number of fused-ring (bicyclic) bond motifs is 1. The van der Waals surface area contributed by atoms with Crippen molar-refractivity contribution in [1.82, 2.24) is 0 Å². The van der Waals surface area contributed by atoms with Crippen molar-refractivity contribution >= 4 is 21.2 Å². The number of ether oxygens (including phenoxy) is 3. The first-order chi connectivity index (χ1) is 23.2. The number of nitro benzene ring substituents is 1. The van der Waals surface area contributed by atoms with Crippen LogP contribution in [0.4, 0.5) is 11.4 Å². The first kappa shape index (κ1) is 32.1. The molecule has 0 aromatic heterocycles. The van der Waals surface area contributed by atoms with Gasteiger partial charge in [-0.2, -0.15) is 5.26 Å². The molecule has 5 aromatic rings. The largest absolute Gasteiger partial charge is 0.489 e. The van der Waals surface area contributed by atoms with E-state index in [0.717, 1.165) is 45.0 Å². The first-order valence-electron chi connectivity index (χ1n) is 15.1. The number of nitrogens with one attached hydrogen (secondary N) is 1. The van der Waals surface area contributed by atoms with E-state index in [1.54, 1.807) is 36.4 Å². The van der Waals surface area contributed by atoms with Gasteiger partial charge in [0.15, 0.2) is 21.3 Å². The minimum atomic E-state index is -3.87. The number of nitriles is 1. The summed E-state index contributed by atoms with van der Waals surface area (Å²) in [5, 5.41) is 23.8. The van der Waals surface area contributed by atoms with Crippen molar-refractivity contribution in [3.8, 4) is 34.4 Å². The summed E-state index contributed by atoms with van der Waals surface area (Å²) in [5.41, 5.74) is 6.45. The van der Waals surface area contributed by atoms with Gasteiger partial charge >= 0.3 is 0 Å². The third kappa shape index (κ3) is 7.24. The van der Waals surface area contributed by atoms with Crippen LogP contribution in [0.3, 0.4) is 0 Å². The molecule has 5 aromatic carbocycles. The second kappa shape index (κ2) is 13.9. The van der Waals surface area contributed by atoms with E-state index in [0.29, 0.717) is 36.6 Å². The lowest BCUT2D eigenvalue weighted by Crippen LogP contribution is -2.15. The molecule has 0 amide bonds. The molecular formula is C37H31N3O7S. The molecule has 1 aliphatic rings. The second-order valence-electron chi connectivity index (χ2n) is 11.2. The van der Waals surface area contributed by atoms with E-state index < -0.39 is 14.8 Å². The number of non-ortho nitro benzene ring substituents is 1. The fourth-order valence-corrected chi connectivity index (χ4v) is 6.83. The van der Waals surface area contributed by atoms with Crippen molar-refractivity contribution in [3.05, 3.63) is 141 Å². The highest BCUT2D eigenvalue weighted by molar-refractivity contribution is 7.90. The smallest absolute Gasteiger partial charge is 0.269 e. The molecule has 242 valence electrons. The standard InChI is InChI=1S/C37H31N3O7S/c1-25-29(6-3-7-34(25)28-9-15-35-37(19-28)46-17-16-45-35)22-39-31-10-8-30(24-48(43,44)33-13-11-32(12-14-33)40(41)42)36(20-31)47-23-27-5-2-4-26(18-27)21-38/h2-15,18-20,39H,16-17,22-24H2,1H3. The Labute approximate surface area is 278 Å². The summed E-state index contributed by atoms with van der Waals surface area (Å²) in [6.45, 7) is 3.72. The molecular weight excluding hydrogens is 630 g/mol. The fraction of sp³-hybridized carbons (Fsp3) is 0.162. The predicted molar refractivity (Wildman–Crippen MR) is 181 cm³/mol. The van der Waals surface area contributed by atoms with Gasteiger partial charge in [-0.15, -0.1) is 0 Å². The number of benzene rings is 5. The van der Waals surface area contributed by atoms with E-state index in [9.17, 15) is 23.8 Å². The van der Waals surface area contributed by atoms with Gasteiger partial charge in [0.25, 0.3) is 5.69 Å². The van der Waals surface area contributed by atoms with Crippen LogP contribution in [-0.4, -0.2) is 26.6 Å². The monoisotopic (exact) mass is 661 g/mol. The highest BCUT2D eigenvalue weighted by Crippen LogP contribution is 2.36. The summed E-state index contributed by atoms with van der Waals surface area (Å²) < 4.78 is 44.4. The highest BCUT2D eigenvalue weighted by atomic mass is 32.2. The summed E-state index contributed by atoms with van der Waals surface area (Å²) in [5.74, 6) is 1.44. The van der Waals surface area contributed by atoms with Crippen LogP contribution in [0.2, 0.25) is 0 Å². The Morgan fingerprint density at radius 3 is 2.44 bits per heavy atom. The topological polar surface area (TPSA) is 141 Å². The number of hydrogen-bond acceptors (Lipinski definition) is 9. The molecule has 0 saturated heterocycles. The van der Waals surface area contributed by atoms with Crippen LogP contribution in [0.1, 0.15) is 27.8 Å². The van der Waals surface area contributed by atoms with Gasteiger partial charge in [-0.1, -0.05) is 42.5 Å². The van der Waals surface area contributed by atoms with Crippen molar-refractivity contribution in [1.29, 1.82) is 5.26 Å². The lowest BCUT2D eigenvalue weighted by atomic mass is 9.96. The van der Waals surface area contributed by atoms with Crippen LogP contribution < -0.4 is 19.5 Å². The van der Waals surface area contributed by atoms with Crippen LogP contribution in [0.15, 0.2) is 108 Å². The van der Waals surface area contributed by atoms with Gasteiger partial charge in [0.05, 0.1) is 27.2 Å². The number of hydrogen-bond donors (Lipinski definition) is 1. The van der Waals surface area contributed by atoms with Crippen LogP contribution in [0.5, 0.6) is 17.2 Å². The molecule has 0 fully saturated rings. The Kier molecular flexibility index (Phi) is 9.27. The second-order valence-corrected chi connectivity index (χ2v) is 13.2. The molecule has 11 heteroatoms. The van der Waals surface area contributed by atoms with E-state index in [4.69, 9.17) is 14.2 Å². The van der Waals surface area contributed by atoms with Gasteiger partial charge < -0.3 is 19.5 Å². The zero-order valence-electron chi connectivity index (χ0n) is 26.0. The molecule has 0 aliphatic carbocycles. The van der Waals surface area contributed by atoms with Crippen molar-refractivity contribution in [2.75, 3.05) is 18.5 Å². The summed E-state index contributed by atoms with van der Waals surface area (Å²) in [7, 11) is -3.87. The number of nitro groups is 1. The zero-order chi connectivity index (χ0) is 33.7. The Bertz CT molecular complexity index is 2140. The average molecular weight is 662 g/mol.